The Labute approximate surface area is 296 Å². The molecule has 1 N–H and O–H groups in total. The van der Waals surface area contributed by atoms with E-state index in [0.717, 1.165) is 11.1 Å². The zero-order valence-corrected chi connectivity index (χ0v) is 29.9. The van der Waals surface area contributed by atoms with Crippen molar-refractivity contribution in [1.29, 1.82) is 0 Å². The third kappa shape index (κ3) is 12.8. The van der Waals surface area contributed by atoms with Gasteiger partial charge in [-0.15, -0.1) is 0 Å². The number of hydrogen-bond acceptors (Lipinski definition) is 6. The van der Waals surface area contributed by atoms with E-state index >= 15 is 0 Å². The molecule has 2 aromatic carbocycles. The van der Waals surface area contributed by atoms with Crippen molar-refractivity contribution in [3.05, 3.63) is 71.8 Å². The molecule has 2 aromatic rings. The van der Waals surface area contributed by atoms with Crippen LogP contribution >= 0.6 is 0 Å². The molecule has 3 radical (unpaired) electrons. The van der Waals surface area contributed by atoms with E-state index in [-0.39, 0.29) is 88.7 Å². The number of carbonyl (C=O) groups excluding carboxylic acids is 3. The summed E-state index contributed by atoms with van der Waals surface area (Å²) in [7, 11) is 0. The predicted molar refractivity (Wildman–Crippen MR) is 176 cm³/mol. The normalized spacial score (nSPS) is 23.1. The summed E-state index contributed by atoms with van der Waals surface area (Å²) >= 11 is 0. The molecular weight excluding hydrogens is 578 g/mol. The fourth-order valence-electron chi connectivity index (χ4n) is 5.18. The summed E-state index contributed by atoms with van der Waals surface area (Å²) in [6.07, 6.45) is -0.158. The first kappa shape index (κ1) is 42.7. The average Bonchev–Trinajstić information content (AvgIpc) is 2.90. The molecule has 10 heteroatoms. The fraction of sp³-hybridized carbons (Fsp3) is 0.571. The number of benzene rings is 2. The van der Waals surface area contributed by atoms with Crippen molar-refractivity contribution in [1.82, 2.24) is 9.80 Å². The molecule has 2 fully saturated rings. The first-order valence-electron chi connectivity index (χ1n) is 14.9. The second kappa shape index (κ2) is 18.1. The largest absolute Gasteiger partial charge is 1.00 e. The third-order valence-electron chi connectivity index (χ3n) is 7.40. The summed E-state index contributed by atoms with van der Waals surface area (Å²) < 4.78 is 11.0. The summed E-state index contributed by atoms with van der Waals surface area (Å²) in [5.74, 6) is 0.110. The minimum Gasteiger partial charge on any atom is -1.00 e. The molecule has 0 bridgehead atoms. The molecule has 243 valence electrons. The van der Waals surface area contributed by atoms with Crippen molar-refractivity contribution >= 4 is 26.4 Å². The van der Waals surface area contributed by atoms with Crippen molar-refractivity contribution in [2.24, 2.45) is 11.8 Å². The maximum absolute atomic E-state index is 12.5. The molecule has 0 spiro atoms. The van der Waals surface area contributed by atoms with Crippen LogP contribution in [0.1, 0.15) is 100 Å². The topological polar surface area (TPSA) is 96.4 Å². The van der Waals surface area contributed by atoms with Crippen LogP contribution in [0.25, 0.3) is 0 Å². The average molecular weight is 632 g/mol. The Bertz CT molecular complexity index is 1210. The summed E-state index contributed by atoms with van der Waals surface area (Å²) in [6, 6.07) is 19.1. The van der Waals surface area contributed by atoms with E-state index in [9.17, 15) is 19.5 Å². The van der Waals surface area contributed by atoms with Crippen LogP contribution in [0, 0.1) is 11.8 Å². The number of rotatable bonds is 2. The van der Waals surface area contributed by atoms with E-state index in [1.54, 1.807) is 9.80 Å². The summed E-state index contributed by atoms with van der Waals surface area (Å²) in [5, 5.41) is 10.2. The van der Waals surface area contributed by atoms with Crippen molar-refractivity contribution in [3.8, 4) is 0 Å². The van der Waals surface area contributed by atoms with Crippen molar-refractivity contribution < 1.29 is 59.9 Å². The molecule has 2 aliphatic rings. The maximum Gasteiger partial charge on any atom is 1.00 e. The van der Waals surface area contributed by atoms with Crippen LogP contribution in [0.3, 0.4) is 0 Å². The zero-order valence-electron chi connectivity index (χ0n) is 28.9. The number of nitrogens with zero attached hydrogens (tertiary/aromatic N) is 2. The molecule has 5 atom stereocenters. The second-order valence-electron chi connectivity index (χ2n) is 13.5. The number of aliphatic hydroxyl groups excluding tert-OH is 1. The Hall–Kier alpha value is -2.33. The molecule has 8 nitrogen and oxygen atoms in total. The quantitative estimate of drug-likeness (QED) is 0.497. The Morgan fingerprint density at radius 3 is 1.60 bits per heavy atom. The number of hydrogen-bond donors (Lipinski definition) is 1. The molecule has 2 saturated heterocycles. The Morgan fingerprint density at radius 2 is 1.18 bits per heavy atom. The number of piperidine rings is 2. The van der Waals surface area contributed by atoms with E-state index in [2.05, 4.69) is 0 Å². The second-order valence-corrected chi connectivity index (χ2v) is 13.5. The van der Waals surface area contributed by atoms with E-state index in [1.165, 1.54) is 0 Å². The van der Waals surface area contributed by atoms with Gasteiger partial charge in [0, 0.05) is 33.8 Å². The van der Waals surface area contributed by atoms with Crippen LogP contribution in [0.5, 0.6) is 0 Å². The van der Waals surface area contributed by atoms with Gasteiger partial charge in [-0.1, -0.05) is 81.9 Å². The molecule has 0 aromatic heterocycles. The SMILES string of the molecule is C.C[C@@H]1CN(C(=O)OC(C)(C)C)[C@@H](c2ccccc2)CC1=O.C[C@@H]1CN(C(=O)OC(C)(C)C)[C@@H](c2ccccc2)C[C@@H]1O.[B].[H-].[Na+]. The molecule has 0 unspecified atom stereocenters. The molecule has 4 rings (SSSR count). The number of Topliss-reactive ketones (excluding diaryl/α,β-unsaturated/α-hetero) is 1. The van der Waals surface area contributed by atoms with Gasteiger partial charge in [-0.05, 0) is 65.0 Å². The molecule has 2 amide bonds. The number of likely N-dealkylation sites (tertiary alicyclic amines) is 2. The third-order valence-corrected chi connectivity index (χ3v) is 7.40. The van der Waals surface area contributed by atoms with Crippen LogP contribution in [-0.4, -0.2) is 71.7 Å². The maximum atomic E-state index is 12.5. The first-order valence-corrected chi connectivity index (χ1v) is 14.9. The molecule has 0 aliphatic carbocycles. The summed E-state index contributed by atoms with van der Waals surface area (Å²) in [5.41, 5.74) is 0.957. The van der Waals surface area contributed by atoms with Gasteiger partial charge >= 0.3 is 41.7 Å². The smallest absolute Gasteiger partial charge is 1.00 e. The van der Waals surface area contributed by atoms with Gasteiger partial charge < -0.3 is 25.8 Å². The number of ketones is 1. The standard InChI is InChI=1S/C17H25NO3.C17H23NO3.CH4.B.Na.H/c2*1-12-11-18(16(20)21-17(2,3)4)14(10-15(12)19)13-8-6-5-7-9-13;;;;/h5-9,12,14-15,19H,10-11H2,1-4H3;5-9,12,14H,10-11H2,1-4H3;1H4;;;/q;;;;+1;-1/t12-,14-,15+;12-,14-;;;;/m11..../s1. The number of carbonyl (C=O) groups is 3. The van der Waals surface area contributed by atoms with Crippen LogP contribution in [0.2, 0.25) is 0 Å². The van der Waals surface area contributed by atoms with Crippen molar-refractivity contribution in [2.75, 3.05) is 13.1 Å². The number of amides is 2. The van der Waals surface area contributed by atoms with Gasteiger partial charge in [-0.2, -0.15) is 0 Å². The van der Waals surface area contributed by atoms with Crippen molar-refractivity contribution in [2.45, 2.75) is 105 Å². The van der Waals surface area contributed by atoms with Gasteiger partial charge in [0.1, 0.15) is 17.0 Å². The van der Waals surface area contributed by atoms with Gasteiger partial charge in [0.25, 0.3) is 0 Å². The van der Waals surface area contributed by atoms with Crippen LogP contribution in [-0.2, 0) is 14.3 Å². The molecule has 2 aliphatic heterocycles. The van der Waals surface area contributed by atoms with Gasteiger partial charge in [0.05, 0.1) is 18.2 Å². The van der Waals surface area contributed by atoms with Gasteiger partial charge in [0.15, 0.2) is 0 Å². The van der Waals surface area contributed by atoms with Gasteiger partial charge in [-0.25, -0.2) is 9.59 Å². The first-order chi connectivity index (χ1) is 19.6. The summed E-state index contributed by atoms with van der Waals surface area (Å²) in [6.45, 7) is 15.9. The zero-order chi connectivity index (χ0) is 31.2. The Balaban J connectivity index is 0. The minimum atomic E-state index is -0.539. The summed E-state index contributed by atoms with van der Waals surface area (Å²) in [4.78, 5) is 40.4. The van der Waals surface area contributed by atoms with E-state index < -0.39 is 17.3 Å². The van der Waals surface area contributed by atoms with Gasteiger partial charge in [-0.3, -0.25) is 4.79 Å². The molecular formula is C35H53BN2NaO6. The number of aliphatic hydroxyl groups is 1. The predicted octanol–water partition coefficient (Wildman–Crippen LogP) is 4.31. The molecule has 0 saturated carbocycles. The Kier molecular flexibility index (Phi) is 17.2. The van der Waals surface area contributed by atoms with Crippen molar-refractivity contribution in [3.63, 3.8) is 0 Å². The van der Waals surface area contributed by atoms with E-state index in [0.29, 0.717) is 25.9 Å². The van der Waals surface area contributed by atoms with Crippen LogP contribution < -0.4 is 29.6 Å². The monoisotopic (exact) mass is 631 g/mol. The molecule has 2 heterocycles. The fourth-order valence-corrected chi connectivity index (χ4v) is 5.18. The number of ether oxygens (including phenoxy) is 2. The van der Waals surface area contributed by atoms with E-state index in [4.69, 9.17) is 9.47 Å². The van der Waals surface area contributed by atoms with Gasteiger partial charge in [0.2, 0.25) is 0 Å². The van der Waals surface area contributed by atoms with E-state index in [1.807, 2.05) is 116 Å². The molecule has 45 heavy (non-hydrogen) atoms. The Morgan fingerprint density at radius 1 is 0.778 bits per heavy atom. The van der Waals surface area contributed by atoms with Crippen LogP contribution in [0.4, 0.5) is 9.59 Å². The minimum absolute atomic E-state index is 0. The van der Waals surface area contributed by atoms with Crippen LogP contribution in [0.15, 0.2) is 60.7 Å².